The molecule has 0 radical (unpaired) electrons. The zero-order chi connectivity index (χ0) is 15.8. The number of halogens is 1. The van der Waals surface area contributed by atoms with Gasteiger partial charge >= 0.3 is 0 Å². The second-order valence-corrected chi connectivity index (χ2v) is 7.83. The molecule has 0 spiro atoms. The minimum Gasteiger partial charge on any atom is -0.296 e. The molecule has 0 aliphatic heterocycles. The first-order chi connectivity index (χ1) is 9.71. The molecule has 6 nitrogen and oxygen atoms in total. The Kier molecular flexibility index (Phi) is 4.69. The predicted molar refractivity (Wildman–Crippen MR) is 89.1 cm³/mol. The first-order valence-corrected chi connectivity index (χ1v) is 9.05. The number of nitrogens with two attached hydrogens (primary N) is 1. The van der Waals surface area contributed by atoms with Gasteiger partial charge < -0.3 is 0 Å². The number of nitrogens with zero attached hydrogens (tertiary/aromatic N) is 3. The molecule has 8 heteroatoms. The lowest BCUT2D eigenvalue weighted by Crippen LogP contribution is -2.20. The average molecular weight is 420 g/mol. The Labute approximate surface area is 138 Å². The van der Waals surface area contributed by atoms with Gasteiger partial charge in [-0.15, -0.1) is 10.2 Å². The Bertz CT molecular complexity index is 768. The summed E-state index contributed by atoms with van der Waals surface area (Å²) in [6.45, 7) is 6.48. The molecule has 0 saturated carbocycles. The van der Waals surface area contributed by atoms with Crippen molar-refractivity contribution in [1.29, 1.82) is 0 Å². The van der Waals surface area contributed by atoms with E-state index in [-0.39, 0.29) is 11.1 Å². The van der Waals surface area contributed by atoms with Crippen LogP contribution in [0.15, 0.2) is 23.4 Å². The molecule has 0 amide bonds. The lowest BCUT2D eigenvalue weighted by Gasteiger charge is -2.13. The maximum atomic E-state index is 11.7. The van der Waals surface area contributed by atoms with Gasteiger partial charge in [0, 0.05) is 15.7 Å². The maximum absolute atomic E-state index is 11.7. The Hall–Kier alpha value is -1.00. The van der Waals surface area contributed by atoms with Crippen LogP contribution < -0.4 is 5.14 Å². The fourth-order valence-electron chi connectivity index (χ4n) is 2.05. The van der Waals surface area contributed by atoms with Crippen molar-refractivity contribution in [3.63, 3.8) is 0 Å². The van der Waals surface area contributed by atoms with Crippen LogP contribution in [0.25, 0.3) is 11.4 Å². The van der Waals surface area contributed by atoms with Crippen molar-refractivity contribution in [1.82, 2.24) is 14.8 Å². The smallest absolute Gasteiger partial charge is 0.273 e. The third kappa shape index (κ3) is 3.43. The van der Waals surface area contributed by atoms with E-state index >= 15 is 0 Å². The van der Waals surface area contributed by atoms with Gasteiger partial charge in [0.15, 0.2) is 5.82 Å². The average Bonchev–Trinajstić information content (AvgIpc) is 2.75. The van der Waals surface area contributed by atoms with Crippen molar-refractivity contribution in [2.24, 2.45) is 11.1 Å². The molecule has 2 aromatic rings. The SMILES string of the molecule is Cc1cccc(-c2nnc(S(N)(=O)=O)n2CC(C)C)c1I. The number of sulfonamides is 1. The highest BCUT2D eigenvalue weighted by Crippen LogP contribution is 2.28. The fraction of sp³-hybridized carbons (Fsp3) is 0.385. The molecule has 0 unspecified atom stereocenters. The first-order valence-electron chi connectivity index (χ1n) is 6.43. The predicted octanol–water partition coefficient (Wildman–Crippen LogP) is 2.16. The molecule has 1 heterocycles. The molecule has 0 atom stereocenters. The monoisotopic (exact) mass is 420 g/mol. The lowest BCUT2D eigenvalue weighted by atomic mass is 10.1. The van der Waals surface area contributed by atoms with Crippen LogP contribution in [0.4, 0.5) is 0 Å². The normalized spacial score (nSPS) is 12.1. The molecule has 2 rings (SSSR count). The van der Waals surface area contributed by atoms with E-state index in [1.54, 1.807) is 4.57 Å². The van der Waals surface area contributed by atoms with E-state index in [0.717, 1.165) is 14.7 Å². The van der Waals surface area contributed by atoms with Gasteiger partial charge in [0.05, 0.1) is 0 Å². The number of hydrogen-bond acceptors (Lipinski definition) is 4. The van der Waals surface area contributed by atoms with Crippen LogP contribution in [-0.2, 0) is 16.6 Å². The zero-order valence-corrected chi connectivity index (χ0v) is 15.0. The minimum atomic E-state index is -3.90. The molecule has 1 aromatic carbocycles. The Balaban J connectivity index is 2.70. The molecule has 0 aliphatic carbocycles. The van der Waals surface area contributed by atoms with Crippen LogP contribution in [0.5, 0.6) is 0 Å². The Morgan fingerprint density at radius 1 is 1.33 bits per heavy atom. The minimum absolute atomic E-state index is 0.191. The van der Waals surface area contributed by atoms with Gasteiger partial charge in [-0.05, 0) is 41.0 Å². The molecule has 0 bridgehead atoms. The van der Waals surface area contributed by atoms with Crippen LogP contribution in [0.1, 0.15) is 19.4 Å². The summed E-state index contributed by atoms with van der Waals surface area (Å²) in [5.41, 5.74) is 1.96. The summed E-state index contributed by atoms with van der Waals surface area (Å²) in [6.07, 6.45) is 0. The Morgan fingerprint density at radius 2 is 2.00 bits per heavy atom. The van der Waals surface area contributed by atoms with Crippen LogP contribution >= 0.6 is 22.6 Å². The summed E-state index contributed by atoms with van der Waals surface area (Å²) >= 11 is 2.23. The molecule has 1 aromatic heterocycles. The van der Waals surface area contributed by atoms with Crippen molar-refractivity contribution >= 4 is 32.6 Å². The topological polar surface area (TPSA) is 90.9 Å². The number of aryl methyl sites for hydroxylation is 1. The second-order valence-electron chi connectivity index (χ2n) is 5.29. The van der Waals surface area contributed by atoms with Gasteiger partial charge in [0.25, 0.3) is 15.2 Å². The van der Waals surface area contributed by atoms with Crippen LogP contribution in [-0.4, -0.2) is 23.2 Å². The second kappa shape index (κ2) is 6.01. The summed E-state index contributed by atoms with van der Waals surface area (Å²) in [5.74, 6) is 0.767. The maximum Gasteiger partial charge on any atom is 0.273 e. The zero-order valence-electron chi connectivity index (χ0n) is 12.0. The number of rotatable bonds is 4. The van der Waals surface area contributed by atoms with E-state index in [1.165, 1.54) is 0 Å². The number of aromatic nitrogens is 3. The highest BCUT2D eigenvalue weighted by Gasteiger charge is 2.23. The molecule has 21 heavy (non-hydrogen) atoms. The molecule has 114 valence electrons. The van der Waals surface area contributed by atoms with E-state index in [2.05, 4.69) is 32.8 Å². The first kappa shape index (κ1) is 16.4. The summed E-state index contributed by atoms with van der Waals surface area (Å²) < 4.78 is 26.0. The molecule has 0 fully saturated rings. The number of benzene rings is 1. The van der Waals surface area contributed by atoms with Crippen molar-refractivity contribution in [2.75, 3.05) is 0 Å². The van der Waals surface area contributed by atoms with Gasteiger partial charge in [-0.2, -0.15) is 0 Å². The number of primary sulfonamides is 1. The van der Waals surface area contributed by atoms with Crippen LogP contribution in [0, 0.1) is 16.4 Å². The van der Waals surface area contributed by atoms with Gasteiger partial charge in [0.2, 0.25) is 0 Å². The molecule has 2 N–H and O–H groups in total. The van der Waals surface area contributed by atoms with Crippen LogP contribution in [0.3, 0.4) is 0 Å². The fourth-order valence-corrected chi connectivity index (χ4v) is 3.27. The quantitative estimate of drug-likeness (QED) is 0.768. The van der Waals surface area contributed by atoms with Gasteiger partial charge in [-0.1, -0.05) is 32.0 Å². The lowest BCUT2D eigenvalue weighted by molar-refractivity contribution is 0.486. The van der Waals surface area contributed by atoms with E-state index in [4.69, 9.17) is 5.14 Å². The van der Waals surface area contributed by atoms with Crippen LogP contribution in [0.2, 0.25) is 0 Å². The third-order valence-electron chi connectivity index (χ3n) is 2.95. The van der Waals surface area contributed by atoms with E-state index in [9.17, 15) is 8.42 Å². The van der Waals surface area contributed by atoms with Crippen molar-refractivity contribution in [2.45, 2.75) is 32.5 Å². The number of hydrogen-bond donors (Lipinski definition) is 1. The van der Waals surface area contributed by atoms with E-state index < -0.39 is 10.0 Å². The van der Waals surface area contributed by atoms with Crippen molar-refractivity contribution < 1.29 is 8.42 Å². The summed E-state index contributed by atoms with van der Waals surface area (Å²) in [5, 5.41) is 12.9. The van der Waals surface area contributed by atoms with E-state index in [1.807, 2.05) is 39.0 Å². The summed E-state index contributed by atoms with van der Waals surface area (Å²) in [6, 6.07) is 5.81. The highest BCUT2D eigenvalue weighted by molar-refractivity contribution is 14.1. The van der Waals surface area contributed by atoms with Crippen molar-refractivity contribution in [3.8, 4) is 11.4 Å². The summed E-state index contributed by atoms with van der Waals surface area (Å²) in [7, 11) is -3.90. The van der Waals surface area contributed by atoms with Gasteiger partial charge in [0.1, 0.15) is 0 Å². The van der Waals surface area contributed by atoms with Gasteiger partial charge in [-0.25, -0.2) is 13.6 Å². The van der Waals surface area contributed by atoms with Gasteiger partial charge in [-0.3, -0.25) is 4.57 Å². The molecular formula is C13H17IN4O2S. The molecule has 0 saturated heterocycles. The summed E-state index contributed by atoms with van der Waals surface area (Å²) in [4.78, 5) is 0. The largest absolute Gasteiger partial charge is 0.296 e. The molecule has 0 aliphatic rings. The highest BCUT2D eigenvalue weighted by atomic mass is 127. The Morgan fingerprint density at radius 3 is 2.57 bits per heavy atom. The van der Waals surface area contributed by atoms with Crippen molar-refractivity contribution in [3.05, 3.63) is 27.3 Å². The molecular weight excluding hydrogens is 403 g/mol. The van der Waals surface area contributed by atoms with E-state index in [0.29, 0.717) is 12.4 Å². The standard InChI is InChI=1S/C13H17IN4O2S/c1-8(2)7-18-12(16-17-13(18)21(15,19)20)10-6-4-5-9(3)11(10)14/h4-6,8H,7H2,1-3H3,(H2,15,19,20). The third-order valence-corrected chi connectivity index (χ3v) is 5.19.